The normalized spacial score (nSPS) is 18.7. The summed E-state index contributed by atoms with van der Waals surface area (Å²) < 4.78 is 0. The molecule has 1 aliphatic carbocycles. The summed E-state index contributed by atoms with van der Waals surface area (Å²) in [5.41, 5.74) is 0. The SMILES string of the molecule is CCCNC(Cc1nnn(C)n1)C1CCCC1. The number of rotatable bonds is 6. The number of aromatic nitrogens is 4. The lowest BCUT2D eigenvalue weighted by molar-refractivity contribution is 0.351. The second-order valence-electron chi connectivity index (χ2n) is 5.00. The van der Waals surface area contributed by atoms with E-state index in [0.29, 0.717) is 6.04 Å². The number of aryl methyl sites for hydroxylation is 1. The standard InChI is InChI=1S/C12H23N5/c1-3-8-13-11(10-6-4-5-7-10)9-12-14-16-17(2)15-12/h10-11,13H,3-9H2,1-2H3. The van der Waals surface area contributed by atoms with Gasteiger partial charge >= 0.3 is 0 Å². The van der Waals surface area contributed by atoms with Crippen molar-refractivity contribution in [3.05, 3.63) is 5.82 Å². The summed E-state index contributed by atoms with van der Waals surface area (Å²) in [4.78, 5) is 1.54. The summed E-state index contributed by atoms with van der Waals surface area (Å²) in [6.45, 7) is 3.29. The molecular weight excluding hydrogens is 214 g/mol. The van der Waals surface area contributed by atoms with Crippen LogP contribution in [0.1, 0.15) is 44.9 Å². The number of nitrogens with one attached hydrogen (secondary N) is 1. The minimum Gasteiger partial charge on any atom is -0.313 e. The van der Waals surface area contributed by atoms with E-state index in [1.54, 1.807) is 4.80 Å². The van der Waals surface area contributed by atoms with E-state index in [1.807, 2.05) is 7.05 Å². The highest BCUT2D eigenvalue weighted by Crippen LogP contribution is 2.28. The first-order valence-electron chi connectivity index (χ1n) is 6.76. The molecule has 17 heavy (non-hydrogen) atoms. The molecule has 0 aliphatic heterocycles. The third-order valence-corrected chi connectivity index (χ3v) is 3.58. The first-order valence-corrected chi connectivity index (χ1v) is 6.76. The van der Waals surface area contributed by atoms with Crippen molar-refractivity contribution in [2.45, 2.75) is 51.5 Å². The molecule has 0 spiro atoms. The van der Waals surface area contributed by atoms with Gasteiger partial charge in [-0.25, -0.2) is 0 Å². The smallest absolute Gasteiger partial charge is 0.176 e. The van der Waals surface area contributed by atoms with Crippen LogP contribution in [0.3, 0.4) is 0 Å². The van der Waals surface area contributed by atoms with Crippen LogP contribution in [0.5, 0.6) is 0 Å². The van der Waals surface area contributed by atoms with Gasteiger partial charge in [0.05, 0.1) is 7.05 Å². The third kappa shape index (κ3) is 3.49. The molecule has 1 aromatic rings. The van der Waals surface area contributed by atoms with Gasteiger partial charge in [-0.3, -0.25) is 0 Å². The number of tetrazole rings is 1. The highest BCUT2D eigenvalue weighted by molar-refractivity contribution is 4.90. The summed E-state index contributed by atoms with van der Waals surface area (Å²) >= 11 is 0. The van der Waals surface area contributed by atoms with Crippen molar-refractivity contribution in [2.24, 2.45) is 13.0 Å². The largest absolute Gasteiger partial charge is 0.313 e. The molecule has 5 heteroatoms. The lowest BCUT2D eigenvalue weighted by atomic mass is 9.95. The van der Waals surface area contributed by atoms with E-state index in [2.05, 4.69) is 27.7 Å². The molecule has 0 aromatic carbocycles. The molecule has 1 fully saturated rings. The Hall–Kier alpha value is -0.970. The molecule has 1 N–H and O–H groups in total. The van der Waals surface area contributed by atoms with E-state index in [9.17, 15) is 0 Å². The van der Waals surface area contributed by atoms with Gasteiger partial charge in [0.15, 0.2) is 5.82 Å². The Morgan fingerprint density at radius 3 is 2.76 bits per heavy atom. The molecule has 1 aromatic heterocycles. The number of hydrogen-bond donors (Lipinski definition) is 1. The summed E-state index contributed by atoms with van der Waals surface area (Å²) in [6.07, 6.45) is 7.55. The van der Waals surface area contributed by atoms with E-state index >= 15 is 0 Å². The van der Waals surface area contributed by atoms with Crippen molar-refractivity contribution >= 4 is 0 Å². The average molecular weight is 237 g/mol. The maximum atomic E-state index is 4.28. The van der Waals surface area contributed by atoms with Crippen molar-refractivity contribution in [2.75, 3.05) is 6.54 Å². The van der Waals surface area contributed by atoms with Crippen LogP contribution in [-0.4, -0.2) is 32.8 Å². The molecule has 0 saturated heterocycles. The molecule has 1 atom stereocenters. The molecule has 1 heterocycles. The van der Waals surface area contributed by atoms with Crippen molar-refractivity contribution < 1.29 is 0 Å². The first-order chi connectivity index (χ1) is 8.29. The van der Waals surface area contributed by atoms with Crippen LogP contribution in [0.4, 0.5) is 0 Å². The van der Waals surface area contributed by atoms with Crippen LogP contribution in [0.15, 0.2) is 0 Å². The van der Waals surface area contributed by atoms with Gasteiger partial charge in [0.2, 0.25) is 0 Å². The Kier molecular flexibility index (Phi) is 4.48. The Morgan fingerprint density at radius 2 is 2.18 bits per heavy atom. The summed E-state index contributed by atoms with van der Waals surface area (Å²) in [5, 5.41) is 15.9. The molecule has 2 rings (SSSR count). The third-order valence-electron chi connectivity index (χ3n) is 3.58. The van der Waals surface area contributed by atoms with Crippen LogP contribution >= 0.6 is 0 Å². The highest BCUT2D eigenvalue weighted by atomic mass is 15.6. The van der Waals surface area contributed by atoms with Crippen molar-refractivity contribution in [3.8, 4) is 0 Å². The minimum atomic E-state index is 0.529. The maximum absolute atomic E-state index is 4.28. The Labute approximate surface area is 103 Å². The zero-order chi connectivity index (χ0) is 12.1. The summed E-state index contributed by atoms with van der Waals surface area (Å²) in [7, 11) is 1.82. The van der Waals surface area contributed by atoms with Crippen molar-refractivity contribution in [1.29, 1.82) is 0 Å². The molecule has 0 radical (unpaired) electrons. The van der Waals surface area contributed by atoms with E-state index in [-0.39, 0.29) is 0 Å². The Morgan fingerprint density at radius 1 is 1.41 bits per heavy atom. The van der Waals surface area contributed by atoms with Crippen LogP contribution in [0, 0.1) is 5.92 Å². The average Bonchev–Trinajstić information content (AvgIpc) is 2.95. The zero-order valence-corrected chi connectivity index (χ0v) is 10.9. The van der Waals surface area contributed by atoms with Crippen LogP contribution in [-0.2, 0) is 13.5 Å². The van der Waals surface area contributed by atoms with Gasteiger partial charge in [-0.1, -0.05) is 19.8 Å². The van der Waals surface area contributed by atoms with Gasteiger partial charge < -0.3 is 5.32 Å². The summed E-state index contributed by atoms with van der Waals surface area (Å²) in [5.74, 6) is 1.67. The monoisotopic (exact) mass is 237 g/mol. The Balaban J connectivity index is 1.94. The molecule has 0 amide bonds. The van der Waals surface area contributed by atoms with Gasteiger partial charge in [0, 0.05) is 12.5 Å². The lowest BCUT2D eigenvalue weighted by Crippen LogP contribution is -2.37. The fourth-order valence-electron chi connectivity index (χ4n) is 2.70. The molecular formula is C12H23N5. The van der Waals surface area contributed by atoms with Crippen molar-refractivity contribution in [3.63, 3.8) is 0 Å². The van der Waals surface area contributed by atoms with Crippen LogP contribution < -0.4 is 5.32 Å². The van der Waals surface area contributed by atoms with Crippen LogP contribution in [0.2, 0.25) is 0 Å². The quantitative estimate of drug-likeness (QED) is 0.810. The van der Waals surface area contributed by atoms with Gasteiger partial charge in [-0.05, 0) is 36.9 Å². The van der Waals surface area contributed by atoms with Gasteiger partial charge in [0.25, 0.3) is 0 Å². The number of hydrogen-bond acceptors (Lipinski definition) is 4. The molecule has 5 nitrogen and oxygen atoms in total. The second-order valence-corrected chi connectivity index (χ2v) is 5.00. The molecule has 0 bridgehead atoms. The van der Waals surface area contributed by atoms with E-state index in [1.165, 1.54) is 32.1 Å². The topological polar surface area (TPSA) is 55.6 Å². The maximum Gasteiger partial charge on any atom is 0.176 e. The Bertz CT molecular complexity index is 329. The zero-order valence-electron chi connectivity index (χ0n) is 10.9. The van der Waals surface area contributed by atoms with Gasteiger partial charge in [0.1, 0.15) is 0 Å². The predicted octanol–water partition coefficient (Wildman–Crippen LogP) is 1.31. The predicted molar refractivity (Wildman–Crippen MR) is 66.5 cm³/mol. The first kappa shape index (κ1) is 12.5. The van der Waals surface area contributed by atoms with E-state index in [0.717, 1.165) is 24.7 Å². The summed E-state index contributed by atoms with van der Waals surface area (Å²) in [6, 6.07) is 0.529. The van der Waals surface area contributed by atoms with Crippen molar-refractivity contribution in [1.82, 2.24) is 25.5 Å². The molecule has 96 valence electrons. The lowest BCUT2D eigenvalue weighted by Gasteiger charge is -2.23. The minimum absolute atomic E-state index is 0.529. The van der Waals surface area contributed by atoms with E-state index in [4.69, 9.17) is 0 Å². The second kappa shape index (κ2) is 6.10. The van der Waals surface area contributed by atoms with Gasteiger partial charge in [-0.15, -0.1) is 10.2 Å². The fourth-order valence-corrected chi connectivity index (χ4v) is 2.70. The molecule has 1 unspecified atom stereocenters. The van der Waals surface area contributed by atoms with Gasteiger partial charge in [-0.2, -0.15) is 4.80 Å². The molecule has 1 aliphatic rings. The number of nitrogens with zero attached hydrogens (tertiary/aromatic N) is 4. The fraction of sp³-hybridized carbons (Fsp3) is 0.917. The molecule has 1 saturated carbocycles. The highest BCUT2D eigenvalue weighted by Gasteiger charge is 2.25. The van der Waals surface area contributed by atoms with Crippen LogP contribution in [0.25, 0.3) is 0 Å². The van der Waals surface area contributed by atoms with E-state index < -0.39 is 0 Å².